The van der Waals surface area contributed by atoms with Crippen molar-refractivity contribution >= 4 is 74.2 Å². The van der Waals surface area contributed by atoms with Crippen molar-refractivity contribution in [2.75, 3.05) is 0 Å². The summed E-state index contributed by atoms with van der Waals surface area (Å²) in [6.07, 6.45) is 15.0. The van der Waals surface area contributed by atoms with Gasteiger partial charge in [0.1, 0.15) is 0 Å². The summed E-state index contributed by atoms with van der Waals surface area (Å²) in [5, 5.41) is 5.47. The first-order valence-electron chi connectivity index (χ1n) is 16.3. The van der Waals surface area contributed by atoms with Crippen LogP contribution in [0, 0.1) is 5.92 Å². The summed E-state index contributed by atoms with van der Waals surface area (Å²) in [6.45, 7) is 0. The van der Waals surface area contributed by atoms with Crippen molar-refractivity contribution in [3.63, 3.8) is 0 Å². The van der Waals surface area contributed by atoms with E-state index < -0.39 is 0 Å². The molecular weight excluding hydrogens is 593 g/mol. The molecule has 0 N–H and O–H groups in total. The van der Waals surface area contributed by atoms with Gasteiger partial charge in [0.25, 0.3) is 0 Å². The molecule has 0 spiro atoms. The third-order valence-corrected chi connectivity index (χ3v) is 12.6. The maximum Gasteiger partial charge on any atom is 0.0540 e. The van der Waals surface area contributed by atoms with Crippen LogP contribution in [0.2, 0.25) is 0 Å². The molecule has 218 valence electrons. The van der Waals surface area contributed by atoms with Crippen molar-refractivity contribution in [2.45, 2.75) is 19.3 Å². The Morgan fingerprint density at radius 1 is 0.609 bits per heavy atom. The van der Waals surface area contributed by atoms with Crippen LogP contribution in [0.15, 0.2) is 156 Å². The largest absolute Gasteiger partial charge is 0.134 e. The number of fused-ring (bicyclic) bond motifs is 9. The highest BCUT2D eigenvalue weighted by atomic mass is 32.1. The van der Waals surface area contributed by atoms with E-state index in [0.29, 0.717) is 5.92 Å². The fraction of sp³-hybridized carbons (Fsp3) is 0.0909. The lowest BCUT2D eigenvalue weighted by atomic mass is 9.67. The lowest BCUT2D eigenvalue weighted by Gasteiger charge is -2.37. The second kappa shape index (κ2) is 10.4. The number of benzene rings is 5. The Morgan fingerprint density at radius 3 is 2.24 bits per heavy atom. The topological polar surface area (TPSA) is 0 Å². The van der Waals surface area contributed by atoms with Crippen LogP contribution in [-0.4, -0.2) is 0 Å². The quantitative estimate of drug-likeness (QED) is 0.184. The van der Waals surface area contributed by atoms with Crippen molar-refractivity contribution in [1.82, 2.24) is 0 Å². The van der Waals surface area contributed by atoms with Gasteiger partial charge in [0.05, 0.1) is 9.40 Å². The Balaban J connectivity index is 1.25. The molecule has 7 aromatic rings. The molecular formula is C44H30S2. The van der Waals surface area contributed by atoms with Crippen LogP contribution in [0.25, 0.3) is 62.6 Å². The van der Waals surface area contributed by atoms with Gasteiger partial charge in [0, 0.05) is 36.9 Å². The lowest BCUT2D eigenvalue weighted by Crippen LogP contribution is -2.19. The highest BCUT2D eigenvalue weighted by Gasteiger charge is 2.34. The molecule has 0 nitrogen and oxygen atoms in total. The maximum atomic E-state index is 2.48. The summed E-state index contributed by atoms with van der Waals surface area (Å²) < 4.78 is 5.53. The van der Waals surface area contributed by atoms with Crippen LogP contribution < -0.4 is 0 Å². The molecule has 5 aromatic carbocycles. The van der Waals surface area contributed by atoms with Gasteiger partial charge in [-0.05, 0) is 93.6 Å². The first kappa shape index (κ1) is 26.5. The van der Waals surface area contributed by atoms with Gasteiger partial charge in [-0.1, -0.05) is 115 Å². The third kappa shape index (κ3) is 3.90. The van der Waals surface area contributed by atoms with E-state index in [4.69, 9.17) is 0 Å². The number of hydrogen-bond donors (Lipinski definition) is 0. The van der Waals surface area contributed by atoms with E-state index in [9.17, 15) is 0 Å². The molecule has 46 heavy (non-hydrogen) atoms. The molecule has 3 aliphatic carbocycles. The van der Waals surface area contributed by atoms with Crippen LogP contribution in [-0.2, 0) is 0 Å². The zero-order valence-corrected chi connectivity index (χ0v) is 26.9. The zero-order chi connectivity index (χ0) is 30.2. The first-order chi connectivity index (χ1) is 22.8. The Hall–Kier alpha value is -4.76. The van der Waals surface area contributed by atoms with Gasteiger partial charge in [0.15, 0.2) is 0 Å². The standard InChI is InChI=1S/C44H30S2/c1-2-13-27(14-3-1)40-31-18-4-6-20-33(31)41(34-21-7-5-19-32(34)40)29-16-12-15-28(25-29)36-26-37-30-17-8-10-23-38(30)45-43(37)44-42(36)35-22-9-11-24-39(35)46-44/h1-4,6-17,20-26,31H,5,18-19H2. The van der Waals surface area contributed by atoms with Gasteiger partial charge in [0.2, 0.25) is 0 Å². The molecule has 0 aliphatic heterocycles. The highest BCUT2D eigenvalue weighted by molar-refractivity contribution is 7.33. The van der Waals surface area contributed by atoms with Gasteiger partial charge >= 0.3 is 0 Å². The summed E-state index contributed by atoms with van der Waals surface area (Å²) in [5.74, 6) is 0.373. The highest BCUT2D eigenvalue weighted by Crippen LogP contribution is 2.53. The van der Waals surface area contributed by atoms with Crippen molar-refractivity contribution in [2.24, 2.45) is 5.92 Å². The molecule has 10 rings (SSSR count). The van der Waals surface area contributed by atoms with Crippen molar-refractivity contribution in [3.8, 4) is 11.1 Å². The van der Waals surface area contributed by atoms with E-state index in [1.807, 2.05) is 22.7 Å². The predicted octanol–water partition coefficient (Wildman–Crippen LogP) is 13.2. The zero-order valence-electron chi connectivity index (χ0n) is 25.3. The molecule has 1 atom stereocenters. The van der Waals surface area contributed by atoms with Gasteiger partial charge in [-0.15, -0.1) is 22.7 Å². The van der Waals surface area contributed by atoms with Crippen LogP contribution in [0.4, 0.5) is 0 Å². The molecule has 0 amide bonds. The van der Waals surface area contributed by atoms with E-state index in [0.717, 1.165) is 19.3 Å². The summed E-state index contributed by atoms with van der Waals surface area (Å²) in [6, 6.07) is 40.9. The maximum absolute atomic E-state index is 2.48. The Bertz CT molecular complexity index is 2540. The number of thiophene rings is 2. The van der Waals surface area contributed by atoms with Gasteiger partial charge < -0.3 is 0 Å². The number of allylic oxidation sites excluding steroid dienone is 10. The molecule has 0 fully saturated rings. The molecule has 2 heteroatoms. The van der Waals surface area contributed by atoms with E-state index in [1.54, 1.807) is 0 Å². The molecule has 3 aliphatic rings. The van der Waals surface area contributed by atoms with Crippen molar-refractivity contribution in [1.29, 1.82) is 0 Å². The van der Waals surface area contributed by atoms with Crippen molar-refractivity contribution < 1.29 is 0 Å². The van der Waals surface area contributed by atoms with Crippen LogP contribution in [0.5, 0.6) is 0 Å². The second-order valence-electron chi connectivity index (χ2n) is 12.6. The molecule has 0 saturated heterocycles. The minimum absolute atomic E-state index is 0.373. The van der Waals surface area contributed by atoms with Gasteiger partial charge in [-0.25, -0.2) is 0 Å². The molecule has 0 bridgehead atoms. The van der Waals surface area contributed by atoms with Crippen LogP contribution in [0.1, 0.15) is 30.4 Å². The van der Waals surface area contributed by atoms with Gasteiger partial charge in [-0.3, -0.25) is 0 Å². The second-order valence-corrected chi connectivity index (χ2v) is 14.7. The Labute approximate surface area is 276 Å². The van der Waals surface area contributed by atoms with E-state index in [-0.39, 0.29) is 0 Å². The van der Waals surface area contributed by atoms with E-state index >= 15 is 0 Å². The minimum atomic E-state index is 0.373. The Kier molecular flexibility index (Phi) is 5.97. The molecule has 0 radical (unpaired) electrons. The van der Waals surface area contributed by atoms with Gasteiger partial charge in [-0.2, -0.15) is 0 Å². The number of hydrogen-bond acceptors (Lipinski definition) is 2. The average Bonchev–Trinajstić information content (AvgIpc) is 3.70. The van der Waals surface area contributed by atoms with E-state index in [1.165, 1.54) is 90.5 Å². The van der Waals surface area contributed by atoms with Crippen molar-refractivity contribution in [3.05, 3.63) is 167 Å². The first-order valence-corrected chi connectivity index (χ1v) is 17.9. The lowest BCUT2D eigenvalue weighted by molar-refractivity contribution is 0.784. The normalized spacial score (nSPS) is 17.7. The summed E-state index contributed by atoms with van der Waals surface area (Å²) in [5.41, 5.74) is 12.6. The molecule has 2 aromatic heterocycles. The molecule has 1 unspecified atom stereocenters. The summed E-state index contributed by atoms with van der Waals surface area (Å²) >= 11 is 3.88. The SMILES string of the molecule is C1=CCC2C(=C1)C(c1cccc(-c3cc4c5ccccc5sc4c4sc5ccccc5c34)c1)=C1C=CCCC1=C2c1ccccc1. The summed E-state index contributed by atoms with van der Waals surface area (Å²) in [7, 11) is 0. The fourth-order valence-electron chi connectivity index (χ4n) is 8.16. The minimum Gasteiger partial charge on any atom is -0.134 e. The average molecular weight is 623 g/mol. The fourth-order valence-corrected chi connectivity index (χ4v) is 10.7. The molecule has 0 saturated carbocycles. The smallest absolute Gasteiger partial charge is 0.0540 e. The Morgan fingerprint density at radius 2 is 1.35 bits per heavy atom. The predicted molar refractivity (Wildman–Crippen MR) is 202 cm³/mol. The third-order valence-electron chi connectivity index (χ3n) is 10.1. The monoisotopic (exact) mass is 622 g/mol. The molecule has 2 heterocycles. The van der Waals surface area contributed by atoms with E-state index in [2.05, 4.69) is 140 Å². The number of rotatable bonds is 3. The summed E-state index contributed by atoms with van der Waals surface area (Å²) in [4.78, 5) is 0. The van der Waals surface area contributed by atoms with Crippen LogP contribution >= 0.6 is 22.7 Å². The van der Waals surface area contributed by atoms with Crippen LogP contribution in [0.3, 0.4) is 0 Å².